The first-order valence-electron chi connectivity index (χ1n) is 5.00. The number of aromatic nitrogens is 2. The minimum atomic E-state index is 0.431. The van der Waals surface area contributed by atoms with Gasteiger partial charge in [-0.05, 0) is 30.7 Å². The van der Waals surface area contributed by atoms with Crippen LogP contribution in [0.3, 0.4) is 0 Å². The van der Waals surface area contributed by atoms with Crippen molar-refractivity contribution in [3.8, 4) is 11.8 Å². The van der Waals surface area contributed by atoms with Gasteiger partial charge in [0.05, 0.1) is 5.69 Å². The summed E-state index contributed by atoms with van der Waals surface area (Å²) in [5, 5.41) is 12.9. The topological polar surface area (TPSA) is 67.6 Å². The van der Waals surface area contributed by atoms with Crippen molar-refractivity contribution in [1.82, 2.24) is 9.78 Å². The molecule has 2 rings (SSSR count). The van der Waals surface area contributed by atoms with Gasteiger partial charge < -0.3 is 5.73 Å². The van der Waals surface area contributed by atoms with E-state index in [2.05, 4.69) is 5.10 Å². The smallest absolute Gasteiger partial charge is 0.163 e. The Labute approximate surface area is 93.9 Å². The summed E-state index contributed by atoms with van der Waals surface area (Å²) in [4.78, 5) is 0. The van der Waals surface area contributed by atoms with Crippen LogP contribution in [0, 0.1) is 18.3 Å². The molecule has 1 aromatic heterocycles. The van der Waals surface area contributed by atoms with Crippen LogP contribution in [0.5, 0.6) is 0 Å². The molecule has 4 heteroatoms. The molecule has 16 heavy (non-hydrogen) atoms. The second-order valence-corrected chi connectivity index (χ2v) is 3.57. The highest BCUT2D eigenvalue weighted by atomic mass is 15.3. The standard InChI is InChI=1S/C12H12N4/c1-9-6-11(8-14)15-16(9)12-4-2-10(7-13)3-5-12/h2-6H,7,13H2,1H3. The molecule has 2 aromatic rings. The van der Waals surface area contributed by atoms with Gasteiger partial charge in [0.1, 0.15) is 6.07 Å². The molecule has 0 radical (unpaired) electrons. The third-order valence-electron chi connectivity index (χ3n) is 2.42. The highest BCUT2D eigenvalue weighted by molar-refractivity contribution is 5.37. The number of hydrogen-bond acceptors (Lipinski definition) is 3. The summed E-state index contributed by atoms with van der Waals surface area (Å²) in [5.74, 6) is 0. The second-order valence-electron chi connectivity index (χ2n) is 3.57. The summed E-state index contributed by atoms with van der Waals surface area (Å²) in [6.45, 7) is 2.45. The number of nitrogens with zero attached hydrogens (tertiary/aromatic N) is 3. The van der Waals surface area contributed by atoms with Crippen LogP contribution in [0.15, 0.2) is 30.3 Å². The Kier molecular flexibility index (Phi) is 2.71. The highest BCUT2D eigenvalue weighted by Crippen LogP contribution is 2.12. The summed E-state index contributed by atoms with van der Waals surface area (Å²) in [6, 6.07) is 11.6. The Bertz CT molecular complexity index is 531. The van der Waals surface area contributed by atoms with Crippen LogP contribution in [-0.4, -0.2) is 9.78 Å². The summed E-state index contributed by atoms with van der Waals surface area (Å²) in [5.41, 5.74) is 8.92. The van der Waals surface area contributed by atoms with Gasteiger partial charge in [-0.15, -0.1) is 0 Å². The molecule has 80 valence electrons. The van der Waals surface area contributed by atoms with Gasteiger partial charge in [0, 0.05) is 12.2 Å². The number of nitrogens with two attached hydrogens (primary N) is 1. The first-order valence-corrected chi connectivity index (χ1v) is 5.00. The lowest BCUT2D eigenvalue weighted by Crippen LogP contribution is -2.00. The predicted molar refractivity (Wildman–Crippen MR) is 60.9 cm³/mol. The Morgan fingerprint density at radius 2 is 2.06 bits per heavy atom. The molecule has 0 aliphatic carbocycles. The van der Waals surface area contributed by atoms with E-state index in [9.17, 15) is 0 Å². The van der Waals surface area contributed by atoms with Crippen molar-refractivity contribution in [3.05, 3.63) is 47.3 Å². The van der Waals surface area contributed by atoms with Gasteiger partial charge in [-0.3, -0.25) is 0 Å². The molecule has 1 aromatic carbocycles. The van der Waals surface area contributed by atoms with E-state index < -0.39 is 0 Å². The Morgan fingerprint density at radius 1 is 1.38 bits per heavy atom. The van der Waals surface area contributed by atoms with Crippen LogP contribution < -0.4 is 5.73 Å². The van der Waals surface area contributed by atoms with Crippen LogP contribution in [0.1, 0.15) is 17.0 Å². The van der Waals surface area contributed by atoms with Gasteiger partial charge >= 0.3 is 0 Å². The maximum absolute atomic E-state index is 8.76. The summed E-state index contributed by atoms with van der Waals surface area (Å²) < 4.78 is 1.75. The van der Waals surface area contributed by atoms with Crippen LogP contribution in [0.2, 0.25) is 0 Å². The zero-order valence-corrected chi connectivity index (χ0v) is 9.01. The van der Waals surface area contributed by atoms with E-state index in [1.54, 1.807) is 10.7 Å². The van der Waals surface area contributed by atoms with E-state index in [0.29, 0.717) is 12.2 Å². The van der Waals surface area contributed by atoms with Crippen molar-refractivity contribution in [2.24, 2.45) is 5.73 Å². The van der Waals surface area contributed by atoms with Gasteiger partial charge in [0.15, 0.2) is 5.69 Å². The number of hydrogen-bond donors (Lipinski definition) is 1. The second kappa shape index (κ2) is 4.17. The lowest BCUT2D eigenvalue weighted by molar-refractivity contribution is 0.840. The van der Waals surface area contributed by atoms with E-state index in [-0.39, 0.29) is 0 Å². The molecule has 0 saturated carbocycles. The monoisotopic (exact) mass is 212 g/mol. The Balaban J connectivity index is 2.42. The third-order valence-corrected chi connectivity index (χ3v) is 2.42. The zero-order chi connectivity index (χ0) is 11.5. The number of nitriles is 1. The maximum Gasteiger partial charge on any atom is 0.163 e. The van der Waals surface area contributed by atoms with E-state index in [4.69, 9.17) is 11.0 Å². The van der Waals surface area contributed by atoms with Crippen molar-refractivity contribution >= 4 is 0 Å². The highest BCUT2D eigenvalue weighted by Gasteiger charge is 2.05. The van der Waals surface area contributed by atoms with Crippen molar-refractivity contribution < 1.29 is 0 Å². The van der Waals surface area contributed by atoms with E-state index in [1.807, 2.05) is 37.3 Å². The van der Waals surface area contributed by atoms with E-state index >= 15 is 0 Å². The van der Waals surface area contributed by atoms with E-state index in [1.165, 1.54) is 0 Å². The van der Waals surface area contributed by atoms with Crippen LogP contribution in [0.25, 0.3) is 5.69 Å². The summed E-state index contributed by atoms with van der Waals surface area (Å²) in [7, 11) is 0. The molecule has 0 spiro atoms. The first-order chi connectivity index (χ1) is 7.74. The fraction of sp³-hybridized carbons (Fsp3) is 0.167. The van der Waals surface area contributed by atoms with Gasteiger partial charge in [-0.2, -0.15) is 10.4 Å². The Morgan fingerprint density at radius 3 is 2.56 bits per heavy atom. The molecular formula is C12H12N4. The van der Waals surface area contributed by atoms with Gasteiger partial charge in [0.2, 0.25) is 0 Å². The maximum atomic E-state index is 8.76. The van der Waals surface area contributed by atoms with Gasteiger partial charge in [0.25, 0.3) is 0 Å². The molecule has 0 bridgehead atoms. The molecule has 1 heterocycles. The molecule has 0 fully saturated rings. The largest absolute Gasteiger partial charge is 0.326 e. The molecule has 2 N–H and O–H groups in total. The van der Waals surface area contributed by atoms with E-state index in [0.717, 1.165) is 16.9 Å². The molecule has 0 aliphatic rings. The zero-order valence-electron chi connectivity index (χ0n) is 9.01. The van der Waals surface area contributed by atoms with Crippen molar-refractivity contribution in [3.63, 3.8) is 0 Å². The number of aryl methyl sites for hydroxylation is 1. The molecule has 4 nitrogen and oxygen atoms in total. The minimum absolute atomic E-state index is 0.431. The number of rotatable bonds is 2. The van der Waals surface area contributed by atoms with Crippen molar-refractivity contribution in [1.29, 1.82) is 5.26 Å². The molecule has 0 unspecified atom stereocenters. The summed E-state index contributed by atoms with van der Waals surface area (Å²) >= 11 is 0. The molecule has 0 saturated heterocycles. The van der Waals surface area contributed by atoms with Crippen LogP contribution in [-0.2, 0) is 6.54 Å². The molecule has 0 atom stereocenters. The SMILES string of the molecule is Cc1cc(C#N)nn1-c1ccc(CN)cc1. The Hall–Kier alpha value is -2.12. The predicted octanol–water partition coefficient (Wildman–Crippen LogP) is 1.51. The van der Waals surface area contributed by atoms with Gasteiger partial charge in [-0.25, -0.2) is 4.68 Å². The minimum Gasteiger partial charge on any atom is -0.326 e. The molecule has 0 amide bonds. The van der Waals surface area contributed by atoms with Crippen molar-refractivity contribution in [2.45, 2.75) is 13.5 Å². The third kappa shape index (κ3) is 1.81. The lowest BCUT2D eigenvalue weighted by atomic mass is 10.2. The van der Waals surface area contributed by atoms with Gasteiger partial charge in [-0.1, -0.05) is 12.1 Å². The summed E-state index contributed by atoms with van der Waals surface area (Å²) in [6.07, 6.45) is 0. The normalized spacial score (nSPS) is 10.1. The van der Waals surface area contributed by atoms with Crippen molar-refractivity contribution in [2.75, 3.05) is 0 Å². The fourth-order valence-corrected chi connectivity index (χ4v) is 1.56. The number of benzene rings is 1. The molecular weight excluding hydrogens is 200 g/mol. The van der Waals surface area contributed by atoms with Crippen LogP contribution >= 0.6 is 0 Å². The average Bonchev–Trinajstić information content (AvgIpc) is 2.71. The fourth-order valence-electron chi connectivity index (χ4n) is 1.56. The van der Waals surface area contributed by atoms with Crippen LogP contribution in [0.4, 0.5) is 0 Å². The molecule has 0 aliphatic heterocycles. The lowest BCUT2D eigenvalue weighted by Gasteiger charge is -2.04. The average molecular weight is 212 g/mol. The quantitative estimate of drug-likeness (QED) is 0.820. The first kappa shape index (κ1) is 10.4.